The van der Waals surface area contributed by atoms with Gasteiger partial charge in [0.15, 0.2) is 0 Å². The molecule has 0 fully saturated rings. The van der Waals surface area contributed by atoms with Gasteiger partial charge in [0.25, 0.3) is 5.91 Å². The van der Waals surface area contributed by atoms with Crippen LogP contribution in [0.25, 0.3) is 10.9 Å². The number of carbonyl (C=O) groups is 2. The summed E-state index contributed by atoms with van der Waals surface area (Å²) in [5, 5.41) is 6.23. The molecular weight excluding hydrogens is 304 g/mol. The Morgan fingerprint density at radius 2 is 2.00 bits per heavy atom. The summed E-state index contributed by atoms with van der Waals surface area (Å²) in [5.41, 5.74) is 2.21. The van der Waals surface area contributed by atoms with Gasteiger partial charge in [-0.25, -0.2) is 0 Å². The van der Waals surface area contributed by atoms with Crippen LogP contribution in [0.1, 0.15) is 16.1 Å². The zero-order valence-corrected chi connectivity index (χ0v) is 13.2. The van der Waals surface area contributed by atoms with E-state index in [4.69, 9.17) is 0 Å². The fraction of sp³-hybridized carbons (Fsp3) is 0.167. The first-order valence-corrected chi connectivity index (χ1v) is 7.66. The van der Waals surface area contributed by atoms with Gasteiger partial charge < -0.3 is 15.6 Å². The van der Waals surface area contributed by atoms with Crippen LogP contribution >= 0.6 is 0 Å². The number of likely N-dealkylation sites (N-methyl/N-ethyl adjacent to an activating group) is 1. The van der Waals surface area contributed by atoms with Gasteiger partial charge in [-0.15, -0.1) is 0 Å². The number of hydrogen-bond acceptors (Lipinski definition) is 3. The minimum Gasteiger partial charge on any atom is -0.357 e. The van der Waals surface area contributed by atoms with E-state index < -0.39 is 6.04 Å². The first-order valence-electron chi connectivity index (χ1n) is 7.66. The molecule has 2 heterocycles. The summed E-state index contributed by atoms with van der Waals surface area (Å²) in [6.45, 7) is 0. The first kappa shape index (κ1) is 15.7. The van der Waals surface area contributed by atoms with Crippen LogP contribution in [-0.2, 0) is 11.2 Å². The summed E-state index contributed by atoms with van der Waals surface area (Å²) < 4.78 is 0. The second-order valence-corrected chi connectivity index (χ2v) is 5.48. The van der Waals surface area contributed by atoms with Crippen molar-refractivity contribution in [2.24, 2.45) is 0 Å². The molecule has 0 aliphatic rings. The van der Waals surface area contributed by atoms with Crippen molar-refractivity contribution in [2.45, 2.75) is 12.5 Å². The Kier molecular flexibility index (Phi) is 4.56. The van der Waals surface area contributed by atoms with E-state index in [2.05, 4.69) is 20.6 Å². The van der Waals surface area contributed by atoms with Gasteiger partial charge in [0.2, 0.25) is 5.91 Å². The molecule has 0 saturated heterocycles. The molecular formula is C18H18N4O2. The van der Waals surface area contributed by atoms with Gasteiger partial charge in [-0.05, 0) is 17.7 Å². The van der Waals surface area contributed by atoms with E-state index in [-0.39, 0.29) is 11.8 Å². The summed E-state index contributed by atoms with van der Waals surface area (Å²) >= 11 is 0. The monoisotopic (exact) mass is 322 g/mol. The van der Waals surface area contributed by atoms with Crippen LogP contribution in [0.3, 0.4) is 0 Å². The third kappa shape index (κ3) is 3.43. The van der Waals surface area contributed by atoms with Crippen LogP contribution in [-0.4, -0.2) is 34.9 Å². The molecule has 0 bridgehead atoms. The van der Waals surface area contributed by atoms with Gasteiger partial charge in [-0.1, -0.05) is 30.3 Å². The number of benzene rings is 1. The topological polar surface area (TPSA) is 86.9 Å². The molecule has 0 spiro atoms. The first-order chi connectivity index (χ1) is 11.7. The quantitative estimate of drug-likeness (QED) is 0.667. The summed E-state index contributed by atoms with van der Waals surface area (Å²) in [6.07, 6.45) is 3.76. The van der Waals surface area contributed by atoms with E-state index >= 15 is 0 Å². The molecule has 0 radical (unpaired) electrons. The molecule has 122 valence electrons. The van der Waals surface area contributed by atoms with Gasteiger partial charge in [0, 0.05) is 36.8 Å². The maximum Gasteiger partial charge on any atom is 0.268 e. The lowest BCUT2D eigenvalue weighted by atomic mass is 10.1. The normalized spacial score (nSPS) is 11.9. The number of nitrogens with one attached hydrogen (secondary N) is 3. The smallest absolute Gasteiger partial charge is 0.268 e. The van der Waals surface area contributed by atoms with Crippen LogP contribution in [0.2, 0.25) is 0 Å². The average Bonchev–Trinajstić information content (AvgIpc) is 3.05. The number of amides is 2. The molecule has 1 atom stereocenters. The van der Waals surface area contributed by atoms with Crippen LogP contribution in [0, 0.1) is 0 Å². The standard InChI is InChI=1S/C18H18N4O2/c1-19-17(23)15(9-12-5-3-2-4-6-12)22-18(24)16-10-13-11-20-8-7-14(13)21-16/h2-8,10-11,15,21H,9H2,1H3,(H,19,23)(H,22,24)/t15-/m0/s1. The molecule has 3 N–H and O–H groups in total. The van der Waals surface area contributed by atoms with Crippen molar-refractivity contribution in [2.75, 3.05) is 7.05 Å². The molecule has 2 aromatic heterocycles. The van der Waals surface area contributed by atoms with Crippen molar-refractivity contribution >= 4 is 22.7 Å². The van der Waals surface area contributed by atoms with Gasteiger partial charge >= 0.3 is 0 Å². The fourth-order valence-electron chi connectivity index (χ4n) is 2.56. The van der Waals surface area contributed by atoms with E-state index in [1.165, 1.54) is 0 Å². The van der Waals surface area contributed by atoms with Crippen molar-refractivity contribution in [3.63, 3.8) is 0 Å². The van der Waals surface area contributed by atoms with Crippen LogP contribution < -0.4 is 10.6 Å². The van der Waals surface area contributed by atoms with E-state index in [1.54, 1.807) is 31.6 Å². The third-order valence-corrected chi connectivity index (χ3v) is 3.82. The summed E-state index contributed by atoms with van der Waals surface area (Å²) in [7, 11) is 1.56. The zero-order valence-electron chi connectivity index (χ0n) is 13.2. The second-order valence-electron chi connectivity index (χ2n) is 5.48. The minimum atomic E-state index is -0.644. The number of nitrogens with zero attached hydrogens (tertiary/aromatic N) is 1. The number of carbonyl (C=O) groups excluding carboxylic acids is 2. The number of H-pyrrole nitrogens is 1. The number of hydrogen-bond donors (Lipinski definition) is 3. The van der Waals surface area contributed by atoms with E-state index in [1.807, 2.05) is 30.3 Å². The molecule has 0 saturated carbocycles. The Labute approximate surface area is 139 Å². The maximum atomic E-state index is 12.5. The highest BCUT2D eigenvalue weighted by Gasteiger charge is 2.21. The molecule has 24 heavy (non-hydrogen) atoms. The second kappa shape index (κ2) is 6.95. The molecule has 6 nitrogen and oxygen atoms in total. The van der Waals surface area contributed by atoms with Crippen molar-refractivity contribution in [3.8, 4) is 0 Å². The summed E-state index contributed by atoms with van der Waals surface area (Å²) in [5.74, 6) is -0.555. The number of aromatic nitrogens is 2. The predicted molar refractivity (Wildman–Crippen MR) is 91.6 cm³/mol. The molecule has 6 heteroatoms. The van der Waals surface area contributed by atoms with Gasteiger partial charge in [-0.2, -0.15) is 0 Å². The highest BCUT2D eigenvalue weighted by molar-refractivity contribution is 6.00. The molecule has 0 aliphatic heterocycles. The Morgan fingerprint density at radius 1 is 1.21 bits per heavy atom. The van der Waals surface area contributed by atoms with Gasteiger partial charge in [0.1, 0.15) is 11.7 Å². The van der Waals surface area contributed by atoms with Crippen LogP contribution in [0.15, 0.2) is 54.9 Å². The molecule has 2 amide bonds. The SMILES string of the molecule is CNC(=O)[C@H](Cc1ccccc1)NC(=O)c1cc2cnccc2[nH]1. The number of pyridine rings is 1. The molecule has 0 aliphatic carbocycles. The summed E-state index contributed by atoms with van der Waals surface area (Å²) in [6, 6.07) is 12.5. The molecule has 3 rings (SSSR count). The van der Waals surface area contributed by atoms with E-state index in [9.17, 15) is 9.59 Å². The number of fused-ring (bicyclic) bond motifs is 1. The molecule has 3 aromatic rings. The van der Waals surface area contributed by atoms with Crippen molar-refractivity contribution in [3.05, 3.63) is 66.1 Å². The van der Waals surface area contributed by atoms with E-state index in [0.29, 0.717) is 12.1 Å². The minimum absolute atomic E-state index is 0.231. The van der Waals surface area contributed by atoms with Crippen LogP contribution in [0.4, 0.5) is 0 Å². The Hall–Kier alpha value is -3.15. The van der Waals surface area contributed by atoms with Crippen molar-refractivity contribution < 1.29 is 9.59 Å². The Balaban J connectivity index is 1.78. The maximum absolute atomic E-state index is 12.5. The third-order valence-electron chi connectivity index (χ3n) is 3.82. The largest absolute Gasteiger partial charge is 0.357 e. The van der Waals surface area contributed by atoms with E-state index in [0.717, 1.165) is 16.5 Å². The summed E-state index contributed by atoms with van der Waals surface area (Å²) in [4.78, 5) is 31.7. The van der Waals surface area contributed by atoms with Gasteiger partial charge in [0.05, 0.1) is 0 Å². The lowest BCUT2D eigenvalue weighted by Gasteiger charge is -2.17. The Morgan fingerprint density at radius 3 is 2.71 bits per heavy atom. The Bertz CT molecular complexity index is 825. The molecule has 0 unspecified atom stereocenters. The average molecular weight is 322 g/mol. The highest BCUT2D eigenvalue weighted by Crippen LogP contribution is 2.13. The zero-order chi connectivity index (χ0) is 16.9. The lowest BCUT2D eigenvalue weighted by molar-refractivity contribution is -0.122. The highest BCUT2D eigenvalue weighted by atomic mass is 16.2. The predicted octanol–water partition coefficient (Wildman–Crippen LogP) is 1.65. The van der Waals surface area contributed by atoms with Crippen molar-refractivity contribution in [1.29, 1.82) is 0 Å². The fourth-order valence-corrected chi connectivity index (χ4v) is 2.56. The van der Waals surface area contributed by atoms with Gasteiger partial charge in [-0.3, -0.25) is 14.6 Å². The number of rotatable bonds is 5. The van der Waals surface area contributed by atoms with Crippen LogP contribution in [0.5, 0.6) is 0 Å². The number of aromatic amines is 1. The molecule has 1 aromatic carbocycles. The van der Waals surface area contributed by atoms with Crippen molar-refractivity contribution in [1.82, 2.24) is 20.6 Å². The lowest BCUT2D eigenvalue weighted by Crippen LogP contribution is -2.47.